The molecule has 3 rings (SSSR count). The van der Waals surface area contributed by atoms with Gasteiger partial charge in [-0.25, -0.2) is 4.98 Å². The highest BCUT2D eigenvalue weighted by Gasteiger charge is 2.09. The maximum atomic E-state index is 5.33. The van der Waals surface area contributed by atoms with Crippen LogP contribution in [0.15, 0.2) is 74.6 Å². The molecular formula is C35H54N4O. The van der Waals surface area contributed by atoms with Crippen molar-refractivity contribution in [2.45, 2.75) is 67.2 Å². The lowest BCUT2D eigenvalue weighted by Gasteiger charge is -2.11. The van der Waals surface area contributed by atoms with Crippen molar-refractivity contribution in [3.05, 3.63) is 103 Å². The number of nitrogens with zero attached hydrogens (tertiary/aromatic N) is 2. The fourth-order valence-electron chi connectivity index (χ4n) is 3.39. The Kier molecular flexibility index (Phi) is 23.4. The van der Waals surface area contributed by atoms with E-state index in [9.17, 15) is 0 Å². The summed E-state index contributed by atoms with van der Waals surface area (Å²) in [5, 5.41) is 2.69. The first-order valence-corrected chi connectivity index (χ1v) is 14.2. The smallest absolute Gasteiger partial charge is 0.224 e. The number of nitrogens with one attached hydrogen (secondary N) is 1. The SMILES string of the molecule is C=C(CC)c1cc(CC)ccc1CC.C=CNC.C=Cc1ccc(-c2cnc(CC)nc2OC)cc1.CC.CN. The first kappa shape index (κ1) is 38.4. The molecule has 5 heteroatoms. The monoisotopic (exact) mass is 546 g/mol. The van der Waals surface area contributed by atoms with E-state index in [4.69, 9.17) is 4.74 Å². The van der Waals surface area contributed by atoms with Crippen LogP contribution in [0, 0.1) is 0 Å². The second kappa shape index (κ2) is 24.3. The largest absolute Gasteiger partial charge is 0.480 e. The molecule has 40 heavy (non-hydrogen) atoms. The van der Waals surface area contributed by atoms with Gasteiger partial charge in [-0.3, -0.25) is 0 Å². The van der Waals surface area contributed by atoms with Crippen molar-refractivity contribution >= 4 is 11.6 Å². The molecule has 0 unspecified atom stereocenters. The molecule has 3 aromatic rings. The first-order chi connectivity index (χ1) is 19.4. The minimum Gasteiger partial charge on any atom is -0.480 e. The van der Waals surface area contributed by atoms with Gasteiger partial charge in [0.05, 0.1) is 12.7 Å². The van der Waals surface area contributed by atoms with Crippen LogP contribution in [0.25, 0.3) is 22.8 Å². The van der Waals surface area contributed by atoms with Crippen LogP contribution in [0.1, 0.15) is 76.0 Å². The standard InChI is InChI=1S/C15H16N2O.C14H20.C3H7N.C2H6.CH5N/c1-4-11-6-8-12(9-7-11)13-10-16-14(5-2)17-15(13)18-3;1-5-11(4)14-10-12(6-2)8-9-13(14)7-3;1-3-4-2;2*1-2/h4,6-10H,1,5H2,2-3H3;8-10H,4-7H2,1-3H3;3-4H,1H2,2H3;1-2H3;2H2,1H3. The maximum Gasteiger partial charge on any atom is 0.224 e. The summed E-state index contributed by atoms with van der Waals surface area (Å²) in [5.41, 5.74) is 13.0. The molecule has 1 aromatic heterocycles. The van der Waals surface area contributed by atoms with Crippen molar-refractivity contribution in [1.82, 2.24) is 15.3 Å². The predicted molar refractivity (Wildman–Crippen MR) is 179 cm³/mol. The molecule has 3 N–H and O–H groups in total. The molecule has 0 spiro atoms. The third-order valence-electron chi connectivity index (χ3n) is 5.75. The van der Waals surface area contributed by atoms with Crippen molar-refractivity contribution in [2.75, 3.05) is 21.2 Å². The van der Waals surface area contributed by atoms with Crippen LogP contribution in [0.4, 0.5) is 0 Å². The van der Waals surface area contributed by atoms with Crippen LogP contribution >= 0.6 is 0 Å². The number of allylic oxidation sites excluding steroid dienone is 1. The second-order valence-electron chi connectivity index (χ2n) is 8.04. The second-order valence-corrected chi connectivity index (χ2v) is 8.04. The lowest BCUT2D eigenvalue weighted by molar-refractivity contribution is 0.396. The topological polar surface area (TPSA) is 73.1 Å². The Morgan fingerprint density at radius 3 is 1.98 bits per heavy atom. The van der Waals surface area contributed by atoms with E-state index >= 15 is 0 Å². The summed E-state index contributed by atoms with van der Waals surface area (Å²) in [7, 11) is 4.94. The van der Waals surface area contributed by atoms with Crippen LogP contribution in [0.5, 0.6) is 5.88 Å². The summed E-state index contributed by atoms with van der Waals surface area (Å²) >= 11 is 0. The number of benzene rings is 2. The van der Waals surface area contributed by atoms with Gasteiger partial charge in [0.25, 0.3) is 0 Å². The van der Waals surface area contributed by atoms with Gasteiger partial charge in [0.1, 0.15) is 5.82 Å². The van der Waals surface area contributed by atoms with Crippen molar-refractivity contribution < 1.29 is 4.74 Å². The zero-order chi connectivity index (χ0) is 30.9. The Morgan fingerprint density at radius 2 is 1.55 bits per heavy atom. The molecule has 2 aromatic carbocycles. The number of aromatic nitrogens is 2. The van der Waals surface area contributed by atoms with Gasteiger partial charge in [-0.1, -0.05) is 110 Å². The molecule has 0 radical (unpaired) electrons. The number of ether oxygens (including phenoxy) is 1. The minimum atomic E-state index is 0.619. The van der Waals surface area contributed by atoms with Crippen molar-refractivity contribution in [3.63, 3.8) is 0 Å². The van der Waals surface area contributed by atoms with E-state index < -0.39 is 0 Å². The van der Waals surface area contributed by atoms with E-state index in [2.05, 4.69) is 79.7 Å². The molecule has 0 saturated carbocycles. The Balaban J connectivity index is 0. The lowest BCUT2D eigenvalue weighted by Crippen LogP contribution is -1.98. The van der Waals surface area contributed by atoms with Crippen molar-refractivity contribution in [2.24, 2.45) is 5.73 Å². The molecule has 0 saturated heterocycles. The van der Waals surface area contributed by atoms with E-state index in [0.717, 1.165) is 48.2 Å². The molecular weight excluding hydrogens is 492 g/mol. The number of rotatable bonds is 9. The molecule has 0 bridgehead atoms. The molecule has 5 nitrogen and oxygen atoms in total. The molecule has 0 amide bonds. The van der Waals surface area contributed by atoms with Crippen LogP contribution in [-0.2, 0) is 19.3 Å². The van der Waals surface area contributed by atoms with E-state index in [1.807, 2.05) is 64.4 Å². The third-order valence-corrected chi connectivity index (χ3v) is 5.75. The number of methoxy groups -OCH3 is 1. The minimum absolute atomic E-state index is 0.619. The molecule has 220 valence electrons. The number of hydrogen-bond donors (Lipinski definition) is 2. The van der Waals surface area contributed by atoms with Gasteiger partial charge in [0.2, 0.25) is 5.88 Å². The molecule has 0 fully saturated rings. The summed E-state index contributed by atoms with van der Waals surface area (Å²) in [6.07, 6.45) is 9.30. The Bertz CT molecular complexity index is 1100. The number of hydrogen-bond acceptors (Lipinski definition) is 5. The van der Waals surface area contributed by atoms with Gasteiger partial charge in [-0.2, -0.15) is 4.98 Å². The highest BCUT2D eigenvalue weighted by molar-refractivity contribution is 5.69. The zero-order valence-corrected chi connectivity index (χ0v) is 26.6. The molecule has 0 aliphatic carbocycles. The Labute approximate surface area is 245 Å². The number of aryl methyl sites for hydroxylation is 3. The highest BCUT2D eigenvalue weighted by Crippen LogP contribution is 2.28. The van der Waals surface area contributed by atoms with Gasteiger partial charge in [-0.05, 0) is 65.9 Å². The van der Waals surface area contributed by atoms with Gasteiger partial charge < -0.3 is 15.8 Å². The first-order valence-electron chi connectivity index (χ1n) is 14.2. The average Bonchev–Trinajstić information content (AvgIpc) is 3.05. The van der Waals surface area contributed by atoms with Gasteiger partial charge in [-0.15, -0.1) is 0 Å². The van der Waals surface area contributed by atoms with Crippen molar-refractivity contribution in [3.8, 4) is 17.0 Å². The Hall–Kier alpha value is -3.70. The maximum absolute atomic E-state index is 5.33. The molecule has 0 aliphatic rings. The van der Waals surface area contributed by atoms with Crippen LogP contribution < -0.4 is 15.8 Å². The third kappa shape index (κ3) is 13.4. The summed E-state index contributed by atoms with van der Waals surface area (Å²) < 4.78 is 5.33. The van der Waals surface area contributed by atoms with Crippen LogP contribution in [0.2, 0.25) is 0 Å². The summed E-state index contributed by atoms with van der Waals surface area (Å²) in [5.74, 6) is 1.41. The highest BCUT2D eigenvalue weighted by atomic mass is 16.5. The van der Waals surface area contributed by atoms with Gasteiger partial charge in [0.15, 0.2) is 0 Å². The predicted octanol–water partition coefficient (Wildman–Crippen LogP) is 8.54. The van der Waals surface area contributed by atoms with Crippen LogP contribution in [0.3, 0.4) is 0 Å². The van der Waals surface area contributed by atoms with E-state index in [-0.39, 0.29) is 0 Å². The van der Waals surface area contributed by atoms with Gasteiger partial charge >= 0.3 is 0 Å². The molecule has 0 atom stereocenters. The zero-order valence-electron chi connectivity index (χ0n) is 26.6. The Morgan fingerprint density at radius 1 is 0.950 bits per heavy atom. The lowest BCUT2D eigenvalue weighted by atomic mass is 9.95. The van der Waals surface area contributed by atoms with Crippen LogP contribution in [-0.4, -0.2) is 31.2 Å². The normalized spacial score (nSPS) is 8.95. The van der Waals surface area contributed by atoms with E-state index in [1.54, 1.807) is 13.3 Å². The quantitative estimate of drug-likeness (QED) is 0.281. The number of nitrogens with two attached hydrogens (primary N) is 1. The fraction of sp³-hybridized carbons (Fsp3) is 0.371. The van der Waals surface area contributed by atoms with Crippen molar-refractivity contribution in [1.29, 1.82) is 0 Å². The molecule has 0 aliphatic heterocycles. The fourth-order valence-corrected chi connectivity index (χ4v) is 3.39. The van der Waals surface area contributed by atoms with E-state index in [1.165, 1.54) is 29.3 Å². The summed E-state index contributed by atoms with van der Waals surface area (Å²) in [6.45, 7) is 23.8. The van der Waals surface area contributed by atoms with Gasteiger partial charge in [0, 0.05) is 19.7 Å². The molecule has 1 heterocycles. The summed E-state index contributed by atoms with van der Waals surface area (Å²) in [4.78, 5) is 8.69. The summed E-state index contributed by atoms with van der Waals surface area (Å²) in [6, 6.07) is 14.8. The van der Waals surface area contributed by atoms with E-state index in [0.29, 0.717) is 5.88 Å². The average molecular weight is 547 g/mol.